The topological polar surface area (TPSA) is 78.9 Å². The maximum Gasteiger partial charge on any atom is 0.306 e. The zero-order valence-electron chi connectivity index (χ0n) is 41.4. The molecule has 0 aliphatic rings. The van der Waals surface area contributed by atoms with E-state index in [4.69, 9.17) is 14.2 Å². The molecule has 0 aromatic rings. The lowest BCUT2D eigenvalue weighted by Gasteiger charge is -2.18. The minimum atomic E-state index is -0.774. The summed E-state index contributed by atoms with van der Waals surface area (Å²) in [6, 6.07) is 0. The molecule has 0 saturated carbocycles. The zero-order chi connectivity index (χ0) is 45.1. The van der Waals surface area contributed by atoms with Crippen molar-refractivity contribution in [2.24, 2.45) is 0 Å². The zero-order valence-corrected chi connectivity index (χ0v) is 41.4. The van der Waals surface area contributed by atoms with Gasteiger partial charge in [-0.1, -0.05) is 231 Å². The van der Waals surface area contributed by atoms with Crippen molar-refractivity contribution in [2.75, 3.05) is 13.2 Å². The van der Waals surface area contributed by atoms with Crippen LogP contribution in [0.5, 0.6) is 0 Å². The Bertz CT molecular complexity index is 1050. The molecule has 6 nitrogen and oxygen atoms in total. The minimum absolute atomic E-state index is 0.0761. The molecule has 1 atom stereocenters. The van der Waals surface area contributed by atoms with Crippen molar-refractivity contribution in [2.45, 2.75) is 290 Å². The Morgan fingerprint density at radius 3 is 0.984 bits per heavy atom. The SMILES string of the molecule is CCC/C=C\CCCCCCCC(=O)OCC(COC(=O)CCCCCCCCC/C=C\C/C=C\CCCCCC)OC(=O)CCCCCCCCCCCCCCCCCC. The third kappa shape index (κ3) is 48.7. The van der Waals surface area contributed by atoms with Crippen LogP contribution in [0.25, 0.3) is 0 Å². The van der Waals surface area contributed by atoms with Crippen molar-refractivity contribution in [3.05, 3.63) is 36.5 Å². The second kappa shape index (κ2) is 51.3. The van der Waals surface area contributed by atoms with Gasteiger partial charge in [0.05, 0.1) is 0 Å². The molecule has 362 valence electrons. The van der Waals surface area contributed by atoms with Gasteiger partial charge in [-0.2, -0.15) is 0 Å². The van der Waals surface area contributed by atoms with Crippen LogP contribution < -0.4 is 0 Å². The third-order valence-corrected chi connectivity index (χ3v) is 11.8. The summed E-state index contributed by atoms with van der Waals surface area (Å²) in [5, 5.41) is 0. The summed E-state index contributed by atoms with van der Waals surface area (Å²) in [7, 11) is 0. The molecule has 62 heavy (non-hydrogen) atoms. The summed E-state index contributed by atoms with van der Waals surface area (Å²) in [5.74, 6) is -0.881. The highest BCUT2D eigenvalue weighted by atomic mass is 16.6. The summed E-state index contributed by atoms with van der Waals surface area (Å²) in [6.45, 7) is 6.58. The Balaban J connectivity index is 4.31. The van der Waals surface area contributed by atoms with Gasteiger partial charge in [0.2, 0.25) is 0 Å². The predicted molar refractivity (Wildman–Crippen MR) is 266 cm³/mol. The monoisotopic (exact) mass is 871 g/mol. The highest BCUT2D eigenvalue weighted by Gasteiger charge is 2.19. The highest BCUT2D eigenvalue weighted by molar-refractivity contribution is 5.71. The number of ether oxygens (including phenoxy) is 3. The first-order chi connectivity index (χ1) is 30.5. The van der Waals surface area contributed by atoms with Crippen LogP contribution in [0.1, 0.15) is 284 Å². The molecule has 0 amide bonds. The van der Waals surface area contributed by atoms with Gasteiger partial charge in [-0.05, 0) is 70.6 Å². The van der Waals surface area contributed by atoms with E-state index in [0.717, 1.165) is 83.5 Å². The van der Waals surface area contributed by atoms with Gasteiger partial charge in [-0.25, -0.2) is 0 Å². The van der Waals surface area contributed by atoms with Crippen molar-refractivity contribution < 1.29 is 28.6 Å². The van der Waals surface area contributed by atoms with Crippen LogP contribution in [0.4, 0.5) is 0 Å². The molecule has 0 saturated heterocycles. The lowest BCUT2D eigenvalue weighted by molar-refractivity contribution is -0.167. The molecule has 0 fully saturated rings. The Kier molecular flexibility index (Phi) is 49.3. The molecule has 0 radical (unpaired) electrons. The second-order valence-electron chi connectivity index (χ2n) is 18.1. The van der Waals surface area contributed by atoms with Gasteiger partial charge in [0.15, 0.2) is 6.10 Å². The van der Waals surface area contributed by atoms with Crippen LogP contribution in [-0.4, -0.2) is 37.2 Å². The molecule has 0 aliphatic heterocycles. The van der Waals surface area contributed by atoms with E-state index in [1.807, 2.05) is 0 Å². The van der Waals surface area contributed by atoms with Gasteiger partial charge in [0, 0.05) is 19.3 Å². The number of esters is 3. The van der Waals surface area contributed by atoms with Crippen molar-refractivity contribution in [1.82, 2.24) is 0 Å². The number of hydrogen-bond donors (Lipinski definition) is 0. The summed E-state index contributed by atoms with van der Waals surface area (Å²) in [6.07, 6.45) is 59.9. The van der Waals surface area contributed by atoms with Gasteiger partial charge in [-0.3, -0.25) is 14.4 Å². The Morgan fingerprint density at radius 1 is 0.323 bits per heavy atom. The number of hydrogen-bond acceptors (Lipinski definition) is 6. The standard InChI is InChI=1S/C56H102O6/c1-4-7-10-13-16-19-22-24-26-28-29-31-32-34-37-40-43-46-49-55(58)61-52-53(51-60-54(57)48-45-42-39-36-21-18-15-12-9-6-3)62-56(59)50-47-44-41-38-35-33-30-27-25-23-20-17-14-11-8-5-2/h12,15,19,22,26,28,53H,4-11,13-14,16-18,20-21,23-25,27,29-52H2,1-3H3/b15-12-,22-19-,28-26-. The molecule has 6 heteroatoms. The third-order valence-electron chi connectivity index (χ3n) is 11.8. The molecule has 0 N–H and O–H groups in total. The average molecular weight is 871 g/mol. The molecule has 0 spiro atoms. The summed E-state index contributed by atoms with van der Waals surface area (Å²) >= 11 is 0. The van der Waals surface area contributed by atoms with Gasteiger partial charge >= 0.3 is 17.9 Å². The van der Waals surface area contributed by atoms with Crippen LogP contribution in [0.3, 0.4) is 0 Å². The second-order valence-corrected chi connectivity index (χ2v) is 18.1. The molecular weight excluding hydrogens is 769 g/mol. The van der Waals surface area contributed by atoms with Crippen molar-refractivity contribution >= 4 is 17.9 Å². The van der Waals surface area contributed by atoms with Crippen molar-refractivity contribution in [3.63, 3.8) is 0 Å². The number of unbranched alkanes of at least 4 members (excludes halogenated alkanes) is 32. The lowest BCUT2D eigenvalue weighted by atomic mass is 10.0. The first kappa shape index (κ1) is 59.6. The van der Waals surface area contributed by atoms with Crippen molar-refractivity contribution in [3.8, 4) is 0 Å². The largest absolute Gasteiger partial charge is 0.462 e. The first-order valence-corrected chi connectivity index (χ1v) is 27.0. The van der Waals surface area contributed by atoms with Crippen LogP contribution in [0.15, 0.2) is 36.5 Å². The van der Waals surface area contributed by atoms with E-state index in [9.17, 15) is 14.4 Å². The van der Waals surface area contributed by atoms with Gasteiger partial charge in [0.25, 0.3) is 0 Å². The Hall–Kier alpha value is -2.37. The van der Waals surface area contributed by atoms with E-state index in [2.05, 4.69) is 57.2 Å². The molecular formula is C56H102O6. The quantitative estimate of drug-likeness (QED) is 0.0262. The predicted octanol–water partition coefficient (Wildman–Crippen LogP) is 17.7. The molecule has 0 aromatic carbocycles. The van der Waals surface area contributed by atoms with Gasteiger partial charge in [-0.15, -0.1) is 0 Å². The molecule has 1 unspecified atom stereocenters. The first-order valence-electron chi connectivity index (χ1n) is 27.0. The molecule has 0 heterocycles. The maximum absolute atomic E-state index is 12.8. The normalized spacial score (nSPS) is 12.2. The number of rotatable bonds is 49. The van der Waals surface area contributed by atoms with E-state index < -0.39 is 6.10 Å². The van der Waals surface area contributed by atoms with Crippen LogP contribution in [0.2, 0.25) is 0 Å². The fourth-order valence-electron chi connectivity index (χ4n) is 7.77. The molecule has 0 bridgehead atoms. The molecule has 0 aromatic heterocycles. The van der Waals surface area contributed by atoms with E-state index in [1.165, 1.54) is 161 Å². The van der Waals surface area contributed by atoms with E-state index >= 15 is 0 Å². The summed E-state index contributed by atoms with van der Waals surface area (Å²) in [4.78, 5) is 38.0. The van der Waals surface area contributed by atoms with Gasteiger partial charge in [0.1, 0.15) is 13.2 Å². The van der Waals surface area contributed by atoms with Crippen molar-refractivity contribution in [1.29, 1.82) is 0 Å². The fourth-order valence-corrected chi connectivity index (χ4v) is 7.77. The van der Waals surface area contributed by atoms with Crippen LogP contribution >= 0.6 is 0 Å². The Morgan fingerprint density at radius 2 is 0.613 bits per heavy atom. The van der Waals surface area contributed by atoms with E-state index in [1.54, 1.807) is 0 Å². The summed E-state index contributed by atoms with van der Waals surface area (Å²) < 4.78 is 16.8. The maximum atomic E-state index is 12.8. The lowest BCUT2D eigenvalue weighted by Crippen LogP contribution is -2.30. The van der Waals surface area contributed by atoms with E-state index in [0.29, 0.717) is 19.3 Å². The summed E-state index contributed by atoms with van der Waals surface area (Å²) in [5.41, 5.74) is 0. The minimum Gasteiger partial charge on any atom is -0.462 e. The van der Waals surface area contributed by atoms with Crippen LogP contribution in [0, 0.1) is 0 Å². The van der Waals surface area contributed by atoms with Gasteiger partial charge < -0.3 is 14.2 Å². The van der Waals surface area contributed by atoms with Crippen LogP contribution in [-0.2, 0) is 28.6 Å². The van der Waals surface area contributed by atoms with E-state index in [-0.39, 0.29) is 31.1 Å². The fraction of sp³-hybridized carbons (Fsp3) is 0.839. The molecule has 0 aliphatic carbocycles. The molecule has 0 rings (SSSR count). The number of carbonyl (C=O) groups is 3. The Labute approximate surface area is 385 Å². The number of allylic oxidation sites excluding steroid dienone is 6. The number of carbonyl (C=O) groups excluding carboxylic acids is 3. The smallest absolute Gasteiger partial charge is 0.306 e. The highest BCUT2D eigenvalue weighted by Crippen LogP contribution is 2.16. The average Bonchev–Trinajstić information content (AvgIpc) is 3.27.